The van der Waals surface area contributed by atoms with Gasteiger partial charge in [-0.1, -0.05) is 37.1 Å². The van der Waals surface area contributed by atoms with Gasteiger partial charge >= 0.3 is 0 Å². The van der Waals surface area contributed by atoms with E-state index in [4.69, 9.17) is 4.74 Å². The molecule has 1 unspecified atom stereocenters. The summed E-state index contributed by atoms with van der Waals surface area (Å²) in [5.74, 6) is 0.768. The lowest BCUT2D eigenvalue weighted by atomic mass is 9.76. The third-order valence-electron chi connectivity index (χ3n) is 4.03. The van der Waals surface area contributed by atoms with Crippen LogP contribution in [0.4, 0.5) is 0 Å². The maximum absolute atomic E-state index is 5.40. The van der Waals surface area contributed by atoms with Crippen LogP contribution in [-0.4, -0.2) is 13.2 Å². The molecule has 0 bridgehead atoms. The second kappa shape index (κ2) is 5.67. The Balaban J connectivity index is 2.45. The molecule has 1 heteroatoms. The summed E-state index contributed by atoms with van der Waals surface area (Å²) in [5, 5.41) is 0. The molecule has 16 heavy (non-hydrogen) atoms. The smallest absolute Gasteiger partial charge is 0.0673 e. The molecule has 0 N–H and O–H groups in total. The molecule has 0 aromatic carbocycles. The maximum atomic E-state index is 5.40. The first-order valence-corrected chi connectivity index (χ1v) is 6.39. The predicted octanol–water partition coefficient (Wildman–Crippen LogP) is 4.35. The molecule has 0 saturated heterocycles. The minimum atomic E-state index is 0.377. The van der Waals surface area contributed by atoms with Gasteiger partial charge in [0.1, 0.15) is 0 Å². The lowest BCUT2D eigenvalue weighted by molar-refractivity contribution is 0.170. The third kappa shape index (κ3) is 3.21. The second-order valence-electron chi connectivity index (χ2n) is 5.46. The van der Waals surface area contributed by atoms with Gasteiger partial charge in [0.05, 0.1) is 6.61 Å². The molecule has 0 heterocycles. The van der Waals surface area contributed by atoms with Gasteiger partial charge in [-0.05, 0) is 44.9 Å². The molecule has 1 aliphatic rings. The van der Waals surface area contributed by atoms with Crippen molar-refractivity contribution >= 4 is 0 Å². The van der Waals surface area contributed by atoms with Crippen LogP contribution in [0.5, 0.6) is 0 Å². The third-order valence-corrected chi connectivity index (χ3v) is 4.03. The van der Waals surface area contributed by atoms with E-state index in [1.165, 1.54) is 18.4 Å². The fourth-order valence-corrected chi connectivity index (χ4v) is 2.25. The molecule has 0 spiro atoms. The normalized spacial score (nSPS) is 24.7. The van der Waals surface area contributed by atoms with E-state index in [0.717, 1.165) is 19.1 Å². The van der Waals surface area contributed by atoms with Gasteiger partial charge < -0.3 is 4.74 Å². The molecule has 1 nitrogen and oxygen atoms in total. The average molecular weight is 222 g/mol. The van der Waals surface area contributed by atoms with Crippen LogP contribution in [0.15, 0.2) is 23.3 Å². The highest BCUT2D eigenvalue weighted by Gasteiger charge is 2.33. The minimum absolute atomic E-state index is 0.377. The quantitative estimate of drug-likeness (QED) is 0.628. The largest absolute Gasteiger partial charge is 0.377 e. The van der Waals surface area contributed by atoms with Crippen molar-refractivity contribution in [1.82, 2.24) is 0 Å². The summed E-state index contributed by atoms with van der Waals surface area (Å²) in [4.78, 5) is 0. The topological polar surface area (TPSA) is 9.23 Å². The fraction of sp³-hybridized carbons (Fsp3) is 0.733. The van der Waals surface area contributed by atoms with E-state index < -0.39 is 0 Å². The van der Waals surface area contributed by atoms with Crippen molar-refractivity contribution < 1.29 is 4.74 Å². The molecule has 92 valence electrons. The summed E-state index contributed by atoms with van der Waals surface area (Å²) >= 11 is 0. The van der Waals surface area contributed by atoms with Gasteiger partial charge in [-0.25, -0.2) is 0 Å². The molecule has 0 radical (unpaired) electrons. The average Bonchev–Trinajstić information content (AvgIpc) is 2.49. The van der Waals surface area contributed by atoms with E-state index in [1.54, 1.807) is 5.57 Å². The van der Waals surface area contributed by atoms with Crippen LogP contribution in [0, 0.1) is 11.3 Å². The van der Waals surface area contributed by atoms with Crippen LogP contribution < -0.4 is 0 Å². The van der Waals surface area contributed by atoms with Gasteiger partial charge in [-0.15, -0.1) is 0 Å². The Morgan fingerprint density at radius 3 is 2.75 bits per heavy atom. The molecular weight excluding hydrogens is 196 g/mol. The van der Waals surface area contributed by atoms with Gasteiger partial charge in [-0.3, -0.25) is 0 Å². The lowest BCUT2D eigenvalue weighted by Gasteiger charge is -2.29. The van der Waals surface area contributed by atoms with Crippen molar-refractivity contribution in [3.63, 3.8) is 0 Å². The lowest BCUT2D eigenvalue weighted by Crippen LogP contribution is -2.19. The van der Waals surface area contributed by atoms with Crippen LogP contribution in [0.25, 0.3) is 0 Å². The Kier molecular flexibility index (Phi) is 4.79. The van der Waals surface area contributed by atoms with Crippen LogP contribution in [-0.2, 0) is 4.74 Å². The van der Waals surface area contributed by atoms with Gasteiger partial charge in [0.2, 0.25) is 0 Å². The van der Waals surface area contributed by atoms with Gasteiger partial charge in [-0.2, -0.15) is 0 Å². The fourth-order valence-electron chi connectivity index (χ4n) is 2.25. The van der Waals surface area contributed by atoms with E-state index in [1.807, 2.05) is 6.92 Å². The van der Waals surface area contributed by atoms with Crippen LogP contribution >= 0.6 is 0 Å². The van der Waals surface area contributed by atoms with Gasteiger partial charge in [0, 0.05) is 6.61 Å². The zero-order valence-electron chi connectivity index (χ0n) is 11.5. The molecule has 0 saturated carbocycles. The number of allylic oxidation sites excluding steroid dienone is 3. The van der Waals surface area contributed by atoms with Crippen LogP contribution in [0.2, 0.25) is 0 Å². The van der Waals surface area contributed by atoms with E-state index >= 15 is 0 Å². The Hall–Kier alpha value is -0.560. The zero-order valence-corrected chi connectivity index (χ0v) is 11.5. The monoisotopic (exact) mass is 222 g/mol. The number of ether oxygens (including phenoxy) is 1. The molecule has 0 fully saturated rings. The van der Waals surface area contributed by atoms with Crippen LogP contribution in [0.3, 0.4) is 0 Å². The Morgan fingerprint density at radius 2 is 2.25 bits per heavy atom. The van der Waals surface area contributed by atoms with E-state index in [2.05, 4.69) is 39.8 Å². The molecule has 0 amide bonds. The van der Waals surface area contributed by atoms with Crippen molar-refractivity contribution in [2.75, 3.05) is 13.2 Å². The molecule has 1 aliphatic carbocycles. The standard InChI is InChI=1S/C15H26O/c1-6-16-11-12(2)7-9-14-10-8-13(3)15(14,4)5/h7-8,14H,6,9-11H2,1-5H3. The highest BCUT2D eigenvalue weighted by atomic mass is 16.5. The maximum Gasteiger partial charge on any atom is 0.0673 e. The summed E-state index contributed by atoms with van der Waals surface area (Å²) < 4.78 is 5.40. The Labute approximate surface area is 101 Å². The summed E-state index contributed by atoms with van der Waals surface area (Å²) in [6.07, 6.45) is 7.17. The van der Waals surface area contributed by atoms with Gasteiger partial charge in [0.15, 0.2) is 0 Å². The SMILES string of the molecule is CCOCC(C)=CCC1CC=C(C)C1(C)C. The Morgan fingerprint density at radius 1 is 1.56 bits per heavy atom. The molecule has 0 aliphatic heterocycles. The van der Waals surface area contributed by atoms with E-state index in [-0.39, 0.29) is 0 Å². The summed E-state index contributed by atoms with van der Waals surface area (Å²) in [5.41, 5.74) is 3.29. The number of hydrogen-bond donors (Lipinski definition) is 0. The van der Waals surface area contributed by atoms with Crippen molar-refractivity contribution in [2.45, 2.75) is 47.5 Å². The second-order valence-corrected chi connectivity index (χ2v) is 5.46. The van der Waals surface area contributed by atoms with Crippen molar-refractivity contribution in [2.24, 2.45) is 11.3 Å². The first kappa shape index (κ1) is 13.5. The summed E-state index contributed by atoms with van der Waals surface area (Å²) in [6.45, 7) is 12.8. The van der Waals surface area contributed by atoms with E-state index in [9.17, 15) is 0 Å². The van der Waals surface area contributed by atoms with Crippen molar-refractivity contribution in [1.29, 1.82) is 0 Å². The number of hydrogen-bond acceptors (Lipinski definition) is 1. The molecule has 0 aromatic heterocycles. The molecule has 1 rings (SSSR count). The molecule has 0 aromatic rings. The predicted molar refractivity (Wildman–Crippen MR) is 70.5 cm³/mol. The van der Waals surface area contributed by atoms with Crippen molar-refractivity contribution in [3.8, 4) is 0 Å². The summed E-state index contributed by atoms with van der Waals surface area (Å²) in [6, 6.07) is 0. The highest BCUT2D eigenvalue weighted by Crippen LogP contribution is 2.44. The zero-order chi connectivity index (χ0) is 12.2. The Bertz CT molecular complexity index is 284. The first-order valence-electron chi connectivity index (χ1n) is 6.39. The first-order chi connectivity index (χ1) is 7.48. The number of rotatable bonds is 5. The van der Waals surface area contributed by atoms with Gasteiger partial charge in [0.25, 0.3) is 0 Å². The highest BCUT2D eigenvalue weighted by molar-refractivity contribution is 5.19. The molecule has 1 atom stereocenters. The van der Waals surface area contributed by atoms with Crippen molar-refractivity contribution in [3.05, 3.63) is 23.3 Å². The van der Waals surface area contributed by atoms with Crippen LogP contribution in [0.1, 0.15) is 47.5 Å². The minimum Gasteiger partial charge on any atom is -0.377 e. The van der Waals surface area contributed by atoms with E-state index in [0.29, 0.717) is 5.41 Å². The molecular formula is C15H26O. The summed E-state index contributed by atoms with van der Waals surface area (Å²) in [7, 11) is 0.